The maximum absolute atomic E-state index is 13.4. The topological polar surface area (TPSA) is 130 Å². The lowest BCUT2D eigenvalue weighted by molar-refractivity contribution is -0.141. The van der Waals surface area contributed by atoms with Crippen molar-refractivity contribution in [2.75, 3.05) is 0 Å². The second-order valence-corrected chi connectivity index (χ2v) is 6.61. The number of alkyl halides is 3. The number of hydrogen-bond acceptors (Lipinski definition) is 7. The lowest BCUT2D eigenvalue weighted by Crippen LogP contribution is -2.14. The van der Waals surface area contributed by atoms with Gasteiger partial charge in [-0.05, 0) is 12.1 Å². The van der Waals surface area contributed by atoms with Gasteiger partial charge in [-0.2, -0.15) is 18.3 Å². The van der Waals surface area contributed by atoms with Crippen molar-refractivity contribution < 1.29 is 18.0 Å². The Labute approximate surface area is 178 Å². The molecule has 0 aromatic carbocycles. The molecule has 10 nitrogen and oxygen atoms in total. The van der Waals surface area contributed by atoms with Gasteiger partial charge in [0.15, 0.2) is 5.82 Å². The summed E-state index contributed by atoms with van der Waals surface area (Å²) >= 11 is 0. The van der Waals surface area contributed by atoms with Crippen molar-refractivity contribution >= 4 is 17.7 Å². The fourth-order valence-corrected chi connectivity index (χ4v) is 2.83. The number of primary amides is 1. The number of carbonyl (C=O) groups is 1. The fourth-order valence-electron chi connectivity index (χ4n) is 2.83. The van der Waals surface area contributed by atoms with Crippen LogP contribution in [0.1, 0.15) is 11.3 Å². The quantitative estimate of drug-likeness (QED) is 0.469. The van der Waals surface area contributed by atoms with Gasteiger partial charge in [-0.25, -0.2) is 24.6 Å². The molecule has 4 heterocycles. The molecule has 4 rings (SSSR count). The molecular formula is C19H14F3N9O. The van der Waals surface area contributed by atoms with Gasteiger partial charge in [0.05, 0.1) is 17.5 Å². The Morgan fingerprint density at radius 2 is 1.88 bits per heavy atom. The maximum Gasteiger partial charge on any atom is 0.433 e. The van der Waals surface area contributed by atoms with Crippen molar-refractivity contribution in [2.45, 2.75) is 6.18 Å². The zero-order chi connectivity index (χ0) is 22.9. The van der Waals surface area contributed by atoms with Gasteiger partial charge in [-0.1, -0.05) is 0 Å². The summed E-state index contributed by atoms with van der Waals surface area (Å²) in [4.78, 5) is 27.3. The van der Waals surface area contributed by atoms with E-state index in [1.807, 2.05) is 0 Å². The highest BCUT2D eigenvalue weighted by atomic mass is 19.4. The summed E-state index contributed by atoms with van der Waals surface area (Å²) in [6.45, 7) is 0. The minimum atomic E-state index is -4.68. The zero-order valence-corrected chi connectivity index (χ0v) is 16.4. The number of nitrogens with zero attached hydrogens (tertiary/aromatic N) is 8. The van der Waals surface area contributed by atoms with E-state index < -0.39 is 17.8 Å². The highest BCUT2D eigenvalue weighted by Gasteiger charge is 2.34. The molecule has 32 heavy (non-hydrogen) atoms. The summed E-state index contributed by atoms with van der Waals surface area (Å²) in [6, 6.07) is 2.28. The molecule has 0 bridgehead atoms. The summed E-state index contributed by atoms with van der Waals surface area (Å²) in [5, 5.41) is 8.12. The third-order valence-electron chi connectivity index (χ3n) is 4.28. The van der Waals surface area contributed by atoms with Crippen LogP contribution in [0.5, 0.6) is 0 Å². The number of amides is 1. The maximum atomic E-state index is 13.4. The van der Waals surface area contributed by atoms with Crippen molar-refractivity contribution in [3.05, 3.63) is 60.8 Å². The molecule has 2 N–H and O–H groups in total. The Hall–Kier alpha value is -4.42. The van der Waals surface area contributed by atoms with Crippen molar-refractivity contribution in [2.24, 2.45) is 12.8 Å². The minimum Gasteiger partial charge on any atom is -0.366 e. The van der Waals surface area contributed by atoms with Gasteiger partial charge in [-0.3, -0.25) is 9.48 Å². The molecule has 4 aromatic heterocycles. The van der Waals surface area contributed by atoms with Crippen LogP contribution in [0.4, 0.5) is 13.2 Å². The molecule has 1 amide bonds. The van der Waals surface area contributed by atoms with Crippen molar-refractivity contribution in [1.29, 1.82) is 0 Å². The van der Waals surface area contributed by atoms with E-state index >= 15 is 0 Å². The monoisotopic (exact) mass is 441 g/mol. The van der Waals surface area contributed by atoms with Crippen LogP contribution in [0.15, 0.2) is 49.6 Å². The highest BCUT2D eigenvalue weighted by molar-refractivity contribution is 6.22. The van der Waals surface area contributed by atoms with Crippen molar-refractivity contribution in [1.82, 2.24) is 39.5 Å². The van der Waals surface area contributed by atoms with E-state index in [0.29, 0.717) is 11.1 Å². The van der Waals surface area contributed by atoms with E-state index in [1.54, 1.807) is 13.2 Å². The van der Waals surface area contributed by atoms with Crippen LogP contribution in [-0.2, 0) is 18.0 Å². The molecule has 0 aliphatic carbocycles. The van der Waals surface area contributed by atoms with Gasteiger partial charge in [0.2, 0.25) is 0 Å². The van der Waals surface area contributed by atoms with Gasteiger partial charge in [-0.15, -0.1) is 5.10 Å². The number of nitrogens with two attached hydrogens (primary N) is 1. The Balaban J connectivity index is 1.77. The van der Waals surface area contributed by atoms with Crippen LogP contribution in [0.2, 0.25) is 0 Å². The first-order chi connectivity index (χ1) is 15.2. The van der Waals surface area contributed by atoms with Crippen LogP contribution in [0, 0.1) is 0 Å². The fraction of sp³-hybridized carbons (Fsp3) is 0.105. The van der Waals surface area contributed by atoms with E-state index in [0.717, 1.165) is 6.07 Å². The molecule has 0 radical (unpaired) electrons. The molecular weight excluding hydrogens is 427 g/mol. The van der Waals surface area contributed by atoms with Crippen molar-refractivity contribution in [3.8, 4) is 22.6 Å². The summed E-state index contributed by atoms with van der Waals surface area (Å²) in [6.07, 6.45) is 4.86. The van der Waals surface area contributed by atoms with Gasteiger partial charge >= 0.3 is 6.18 Å². The Kier molecular flexibility index (Phi) is 5.22. The Morgan fingerprint density at radius 1 is 1.12 bits per heavy atom. The summed E-state index contributed by atoms with van der Waals surface area (Å²) in [5.74, 6) is -0.772. The van der Waals surface area contributed by atoms with E-state index in [9.17, 15) is 18.0 Å². The average Bonchev–Trinajstić information content (AvgIpc) is 3.40. The summed E-state index contributed by atoms with van der Waals surface area (Å²) in [5.41, 5.74) is 5.27. The summed E-state index contributed by atoms with van der Waals surface area (Å²) < 4.78 is 42.9. The van der Waals surface area contributed by atoms with Crippen LogP contribution in [-0.4, -0.2) is 45.4 Å². The number of aromatic nitrogens is 8. The molecule has 0 spiro atoms. The van der Waals surface area contributed by atoms with Crippen molar-refractivity contribution in [3.63, 3.8) is 0 Å². The van der Waals surface area contributed by atoms with E-state index in [2.05, 4.69) is 30.1 Å². The molecule has 0 atom stereocenters. The molecule has 0 aliphatic heterocycles. The SMILES string of the molecule is Cn1cc(-c2cc(-c3ncn(/C=C(/C(N)=O)c4cncnc4)n3)cc(C(F)(F)F)n2)cn1. The summed E-state index contributed by atoms with van der Waals surface area (Å²) in [7, 11) is 1.64. The number of rotatable bonds is 5. The number of halogens is 3. The molecule has 0 saturated heterocycles. The van der Waals surface area contributed by atoms with Gasteiger partial charge in [0.25, 0.3) is 5.91 Å². The van der Waals surface area contributed by atoms with Crippen LogP contribution >= 0.6 is 0 Å². The molecule has 0 unspecified atom stereocenters. The third kappa shape index (κ3) is 4.35. The molecule has 0 fully saturated rings. The van der Waals surface area contributed by atoms with E-state index in [1.165, 1.54) is 52.9 Å². The Morgan fingerprint density at radius 3 is 2.50 bits per heavy atom. The predicted molar refractivity (Wildman–Crippen MR) is 106 cm³/mol. The lowest BCUT2D eigenvalue weighted by atomic mass is 10.1. The largest absolute Gasteiger partial charge is 0.433 e. The molecule has 0 saturated carbocycles. The number of hydrogen-bond donors (Lipinski definition) is 1. The first-order valence-corrected chi connectivity index (χ1v) is 8.97. The number of pyridine rings is 1. The second kappa shape index (κ2) is 8.02. The number of carbonyl (C=O) groups excluding carboxylic acids is 1. The van der Waals surface area contributed by atoms with E-state index in [-0.39, 0.29) is 22.7 Å². The average molecular weight is 441 g/mol. The number of aryl methyl sites for hydroxylation is 1. The normalized spacial score (nSPS) is 12.2. The van der Waals surface area contributed by atoms with Gasteiger partial charge in [0.1, 0.15) is 18.3 Å². The first-order valence-electron chi connectivity index (χ1n) is 8.97. The minimum absolute atomic E-state index is 0.00702. The first kappa shape index (κ1) is 20.8. The Bertz CT molecular complexity index is 1310. The van der Waals surface area contributed by atoms with E-state index in [4.69, 9.17) is 5.73 Å². The highest BCUT2D eigenvalue weighted by Crippen LogP contribution is 2.33. The smallest absolute Gasteiger partial charge is 0.366 e. The predicted octanol–water partition coefficient (Wildman–Crippen LogP) is 2.03. The standard InChI is InChI=1S/C19H14F3N9O/c1-30-7-13(6-27-30)15-2-11(3-16(28-15)19(20,21)22)18-26-10-31(29-18)8-14(17(23)32)12-4-24-9-25-5-12/h2-10H,1H3,(H2,23,32)/b14-8+. The molecule has 162 valence electrons. The van der Waals surface area contributed by atoms with Crippen LogP contribution in [0.3, 0.4) is 0 Å². The second-order valence-electron chi connectivity index (χ2n) is 6.61. The molecule has 0 aliphatic rings. The third-order valence-corrected chi connectivity index (χ3v) is 4.28. The molecule has 4 aromatic rings. The zero-order valence-electron chi connectivity index (χ0n) is 16.4. The van der Waals surface area contributed by atoms with Gasteiger partial charge in [0, 0.05) is 48.5 Å². The molecule has 13 heteroatoms. The van der Waals surface area contributed by atoms with Gasteiger partial charge < -0.3 is 5.73 Å². The lowest BCUT2D eigenvalue weighted by Gasteiger charge is -2.09. The van der Waals surface area contributed by atoms with Crippen LogP contribution in [0.25, 0.3) is 34.4 Å². The van der Waals surface area contributed by atoms with Crippen LogP contribution < -0.4 is 5.73 Å².